The SMILES string of the molecule is Cc1cc(C)n(-c2ccc(NC(=O)N(CCO)C3CC3)cc2F)n1. The maximum absolute atomic E-state index is 14.4. The lowest BCUT2D eigenvalue weighted by Crippen LogP contribution is -2.38. The minimum absolute atomic E-state index is 0.0881. The lowest BCUT2D eigenvalue weighted by atomic mass is 10.2. The summed E-state index contributed by atoms with van der Waals surface area (Å²) in [6, 6.07) is 6.26. The predicted octanol–water partition coefficient (Wildman–Crippen LogP) is 2.62. The fraction of sp³-hybridized carbons (Fsp3) is 0.412. The first-order chi connectivity index (χ1) is 11.5. The Morgan fingerprint density at radius 2 is 2.17 bits per heavy atom. The van der Waals surface area contributed by atoms with E-state index in [1.54, 1.807) is 21.7 Å². The molecular weight excluding hydrogens is 311 g/mol. The number of carbonyl (C=O) groups is 1. The summed E-state index contributed by atoms with van der Waals surface area (Å²) in [7, 11) is 0. The maximum Gasteiger partial charge on any atom is 0.322 e. The average molecular weight is 332 g/mol. The van der Waals surface area contributed by atoms with E-state index in [2.05, 4.69) is 10.4 Å². The quantitative estimate of drug-likeness (QED) is 0.884. The minimum atomic E-state index is -0.459. The van der Waals surface area contributed by atoms with Crippen LogP contribution in [-0.4, -0.2) is 45.0 Å². The van der Waals surface area contributed by atoms with Gasteiger partial charge in [0, 0.05) is 24.0 Å². The molecule has 1 saturated carbocycles. The fourth-order valence-electron chi connectivity index (χ4n) is 2.77. The van der Waals surface area contributed by atoms with Crippen molar-refractivity contribution in [3.8, 4) is 5.69 Å². The fourth-order valence-corrected chi connectivity index (χ4v) is 2.77. The Kier molecular flexibility index (Phi) is 4.53. The van der Waals surface area contributed by atoms with Crippen LogP contribution in [-0.2, 0) is 0 Å². The third-order valence-corrected chi connectivity index (χ3v) is 4.03. The van der Waals surface area contributed by atoms with Gasteiger partial charge in [0.05, 0.1) is 12.3 Å². The molecule has 1 fully saturated rings. The van der Waals surface area contributed by atoms with Gasteiger partial charge in [0.1, 0.15) is 5.69 Å². The van der Waals surface area contributed by atoms with E-state index in [0.29, 0.717) is 11.4 Å². The molecule has 1 heterocycles. The van der Waals surface area contributed by atoms with Gasteiger partial charge in [-0.2, -0.15) is 5.10 Å². The van der Waals surface area contributed by atoms with Crippen LogP contribution in [0.2, 0.25) is 0 Å². The van der Waals surface area contributed by atoms with Crippen LogP contribution in [0.3, 0.4) is 0 Å². The monoisotopic (exact) mass is 332 g/mol. The molecule has 7 heteroatoms. The number of aliphatic hydroxyl groups excluding tert-OH is 1. The first-order valence-corrected chi connectivity index (χ1v) is 8.01. The van der Waals surface area contributed by atoms with Gasteiger partial charge in [-0.05, 0) is 51.0 Å². The number of hydrogen-bond acceptors (Lipinski definition) is 3. The molecule has 0 radical (unpaired) electrons. The summed E-state index contributed by atoms with van der Waals surface area (Å²) in [5.74, 6) is -0.459. The molecule has 1 aromatic heterocycles. The Balaban J connectivity index is 1.77. The first-order valence-electron chi connectivity index (χ1n) is 8.01. The van der Waals surface area contributed by atoms with Gasteiger partial charge in [0.15, 0.2) is 5.82 Å². The summed E-state index contributed by atoms with van der Waals surface area (Å²) in [6.45, 7) is 3.90. The smallest absolute Gasteiger partial charge is 0.322 e. The van der Waals surface area contributed by atoms with Gasteiger partial charge in [0.2, 0.25) is 0 Å². The van der Waals surface area contributed by atoms with Crippen molar-refractivity contribution in [2.75, 3.05) is 18.5 Å². The van der Waals surface area contributed by atoms with E-state index in [9.17, 15) is 9.18 Å². The van der Waals surface area contributed by atoms with Gasteiger partial charge in [-0.25, -0.2) is 13.9 Å². The van der Waals surface area contributed by atoms with Crippen LogP contribution >= 0.6 is 0 Å². The van der Waals surface area contributed by atoms with Crippen LogP contribution in [0.25, 0.3) is 5.69 Å². The summed E-state index contributed by atoms with van der Waals surface area (Å²) in [5.41, 5.74) is 2.37. The van der Waals surface area contributed by atoms with Crippen LogP contribution in [0.1, 0.15) is 24.2 Å². The summed E-state index contributed by atoms with van der Waals surface area (Å²) < 4.78 is 16.0. The standard InChI is InChI=1S/C17H21FN4O2/c1-11-9-12(2)22(20-11)16-6-3-13(10-15(16)18)19-17(24)21(7-8-23)14-4-5-14/h3,6,9-10,14,23H,4-5,7-8H2,1-2H3,(H,19,24). The second-order valence-electron chi connectivity index (χ2n) is 6.08. The van der Waals surface area contributed by atoms with Gasteiger partial charge in [-0.1, -0.05) is 0 Å². The zero-order valence-electron chi connectivity index (χ0n) is 13.8. The summed E-state index contributed by atoms with van der Waals surface area (Å²) in [5, 5.41) is 16.0. The molecule has 2 amide bonds. The molecule has 128 valence electrons. The second kappa shape index (κ2) is 6.60. The Labute approximate surface area is 139 Å². The molecule has 6 nitrogen and oxygen atoms in total. The highest BCUT2D eigenvalue weighted by molar-refractivity contribution is 5.89. The third kappa shape index (κ3) is 3.41. The Hall–Kier alpha value is -2.41. The van der Waals surface area contributed by atoms with Gasteiger partial charge >= 0.3 is 6.03 Å². The van der Waals surface area contributed by atoms with Gasteiger partial charge < -0.3 is 15.3 Å². The maximum atomic E-state index is 14.4. The van der Waals surface area contributed by atoms with Crippen molar-refractivity contribution in [2.24, 2.45) is 0 Å². The number of aliphatic hydroxyl groups is 1. The van der Waals surface area contributed by atoms with Crippen molar-refractivity contribution in [3.63, 3.8) is 0 Å². The van der Waals surface area contributed by atoms with E-state index in [4.69, 9.17) is 5.11 Å². The minimum Gasteiger partial charge on any atom is -0.395 e. The Morgan fingerprint density at radius 3 is 2.71 bits per heavy atom. The summed E-state index contributed by atoms with van der Waals surface area (Å²) in [4.78, 5) is 13.9. The molecule has 0 saturated heterocycles. The molecule has 3 rings (SSSR count). The molecule has 0 unspecified atom stereocenters. The Bertz CT molecular complexity index is 755. The lowest BCUT2D eigenvalue weighted by Gasteiger charge is -2.22. The number of halogens is 1. The number of urea groups is 1. The molecule has 0 aliphatic heterocycles. The van der Waals surface area contributed by atoms with E-state index in [0.717, 1.165) is 24.2 Å². The molecule has 1 aliphatic carbocycles. The van der Waals surface area contributed by atoms with Crippen molar-refractivity contribution >= 4 is 11.7 Å². The normalized spacial score (nSPS) is 13.8. The number of hydrogen-bond donors (Lipinski definition) is 2. The van der Waals surface area contributed by atoms with E-state index in [1.807, 2.05) is 19.9 Å². The van der Waals surface area contributed by atoms with Crippen LogP contribution in [0, 0.1) is 19.7 Å². The molecule has 2 aromatic rings. The number of benzene rings is 1. The number of aryl methyl sites for hydroxylation is 2. The van der Waals surface area contributed by atoms with Gasteiger partial charge in [-0.3, -0.25) is 0 Å². The molecular formula is C17H21FN4O2. The number of nitrogens with zero attached hydrogens (tertiary/aromatic N) is 3. The van der Waals surface area contributed by atoms with E-state index in [1.165, 1.54) is 6.07 Å². The third-order valence-electron chi connectivity index (χ3n) is 4.03. The number of aromatic nitrogens is 2. The van der Waals surface area contributed by atoms with Crippen LogP contribution < -0.4 is 5.32 Å². The number of rotatable bonds is 5. The zero-order chi connectivity index (χ0) is 17.3. The van der Waals surface area contributed by atoms with Crippen molar-refractivity contribution in [3.05, 3.63) is 41.5 Å². The second-order valence-corrected chi connectivity index (χ2v) is 6.08. The topological polar surface area (TPSA) is 70.4 Å². The highest BCUT2D eigenvalue weighted by Crippen LogP contribution is 2.27. The number of nitrogens with one attached hydrogen (secondary N) is 1. The number of amides is 2. The van der Waals surface area contributed by atoms with Crippen molar-refractivity contribution in [1.82, 2.24) is 14.7 Å². The molecule has 2 N–H and O–H groups in total. The van der Waals surface area contributed by atoms with Crippen LogP contribution in [0.5, 0.6) is 0 Å². The van der Waals surface area contributed by atoms with Crippen molar-refractivity contribution < 1.29 is 14.3 Å². The van der Waals surface area contributed by atoms with E-state index in [-0.39, 0.29) is 25.2 Å². The largest absolute Gasteiger partial charge is 0.395 e. The van der Waals surface area contributed by atoms with Gasteiger partial charge in [-0.15, -0.1) is 0 Å². The molecule has 0 spiro atoms. The first kappa shape index (κ1) is 16.4. The Morgan fingerprint density at radius 1 is 1.42 bits per heavy atom. The van der Waals surface area contributed by atoms with E-state index >= 15 is 0 Å². The molecule has 0 atom stereocenters. The molecule has 0 bridgehead atoms. The zero-order valence-corrected chi connectivity index (χ0v) is 13.8. The highest BCUT2D eigenvalue weighted by atomic mass is 19.1. The van der Waals surface area contributed by atoms with Crippen molar-refractivity contribution in [1.29, 1.82) is 0 Å². The van der Waals surface area contributed by atoms with E-state index < -0.39 is 5.82 Å². The summed E-state index contributed by atoms with van der Waals surface area (Å²) >= 11 is 0. The van der Waals surface area contributed by atoms with Gasteiger partial charge in [0.25, 0.3) is 0 Å². The lowest BCUT2D eigenvalue weighted by molar-refractivity contribution is 0.185. The number of carbonyl (C=O) groups excluding carboxylic acids is 1. The predicted molar refractivity (Wildman–Crippen MR) is 88.8 cm³/mol. The summed E-state index contributed by atoms with van der Waals surface area (Å²) in [6.07, 6.45) is 1.89. The average Bonchev–Trinajstić information content (AvgIpc) is 3.30. The van der Waals surface area contributed by atoms with Crippen molar-refractivity contribution in [2.45, 2.75) is 32.7 Å². The molecule has 24 heavy (non-hydrogen) atoms. The number of anilines is 1. The molecule has 1 aromatic carbocycles. The van der Waals surface area contributed by atoms with Crippen LogP contribution in [0.15, 0.2) is 24.3 Å². The highest BCUT2D eigenvalue weighted by Gasteiger charge is 2.32. The van der Waals surface area contributed by atoms with Crippen LogP contribution in [0.4, 0.5) is 14.9 Å². The molecule has 1 aliphatic rings.